The molecule has 0 aromatic heterocycles. The number of methoxy groups -OCH3 is 1. The molecule has 1 rings (SSSR count). The van der Waals surface area contributed by atoms with Crippen LogP contribution in [-0.2, 0) is 0 Å². The van der Waals surface area contributed by atoms with Crippen LogP contribution in [0, 0.1) is 0 Å². The molecule has 1 aromatic rings. The zero-order valence-corrected chi connectivity index (χ0v) is 7.55. The van der Waals surface area contributed by atoms with E-state index in [0.29, 0.717) is 11.4 Å². The Labute approximate surface area is 73.1 Å². The average Bonchev–Trinajstić information content (AvgIpc) is 2.03. The predicted molar refractivity (Wildman–Crippen MR) is 46.1 cm³/mol. The lowest BCUT2D eigenvalue weighted by Gasteiger charge is -2.03. The van der Waals surface area contributed by atoms with Gasteiger partial charge in [-0.25, -0.2) is 0 Å². The molecule has 0 unspecified atom stereocenters. The van der Waals surface area contributed by atoms with Crippen LogP contribution in [0.3, 0.4) is 0 Å². The van der Waals surface area contributed by atoms with Crippen LogP contribution in [0.15, 0.2) is 22.7 Å². The van der Waals surface area contributed by atoms with Gasteiger partial charge < -0.3 is 4.74 Å². The summed E-state index contributed by atoms with van der Waals surface area (Å²) >= 11 is 3.26. The van der Waals surface area contributed by atoms with E-state index in [1.165, 1.54) is 0 Å². The molecular formula is C7H8BrNO2. The minimum Gasteiger partial charge on any atom is -0.497 e. The molecule has 0 saturated heterocycles. The van der Waals surface area contributed by atoms with E-state index in [4.69, 9.17) is 9.94 Å². The summed E-state index contributed by atoms with van der Waals surface area (Å²) in [5.74, 6) is 0.691. The summed E-state index contributed by atoms with van der Waals surface area (Å²) in [5.41, 5.74) is 2.63. The number of hydrogen-bond acceptors (Lipinski definition) is 3. The van der Waals surface area contributed by atoms with E-state index in [1.54, 1.807) is 25.3 Å². The fourth-order valence-corrected chi connectivity index (χ4v) is 1.22. The molecule has 0 heterocycles. The summed E-state index contributed by atoms with van der Waals surface area (Å²) < 4.78 is 5.81. The molecular weight excluding hydrogens is 210 g/mol. The molecule has 0 radical (unpaired) electrons. The highest BCUT2D eigenvalue weighted by Gasteiger charge is 1.96. The molecule has 1 aromatic carbocycles. The standard InChI is InChI=1S/C7H8BrNO2/c1-11-7-3-5(8)2-6(4-7)9-10/h2-4,9-10H,1H3. The summed E-state index contributed by atoms with van der Waals surface area (Å²) in [5, 5.41) is 8.56. The van der Waals surface area contributed by atoms with Crippen LogP contribution in [0.2, 0.25) is 0 Å². The molecule has 4 heteroatoms. The van der Waals surface area contributed by atoms with Crippen molar-refractivity contribution in [3.8, 4) is 5.75 Å². The number of rotatable bonds is 2. The van der Waals surface area contributed by atoms with Crippen molar-refractivity contribution < 1.29 is 9.94 Å². The van der Waals surface area contributed by atoms with E-state index >= 15 is 0 Å². The largest absolute Gasteiger partial charge is 0.497 e. The number of benzene rings is 1. The van der Waals surface area contributed by atoms with Crippen LogP contribution in [0.25, 0.3) is 0 Å². The Hall–Kier alpha value is -0.740. The second kappa shape index (κ2) is 3.59. The van der Waals surface area contributed by atoms with Gasteiger partial charge in [0.2, 0.25) is 0 Å². The van der Waals surface area contributed by atoms with Gasteiger partial charge in [0.15, 0.2) is 0 Å². The number of nitrogens with one attached hydrogen (secondary N) is 1. The highest BCUT2D eigenvalue weighted by molar-refractivity contribution is 9.10. The maximum atomic E-state index is 8.56. The van der Waals surface area contributed by atoms with Crippen LogP contribution in [-0.4, -0.2) is 12.3 Å². The number of ether oxygens (including phenoxy) is 1. The third-order valence-electron chi connectivity index (χ3n) is 1.24. The Kier molecular flexibility index (Phi) is 2.73. The third kappa shape index (κ3) is 2.10. The molecule has 3 nitrogen and oxygen atoms in total. The molecule has 0 atom stereocenters. The fraction of sp³-hybridized carbons (Fsp3) is 0.143. The normalized spacial score (nSPS) is 9.36. The summed E-state index contributed by atoms with van der Waals surface area (Å²) in [7, 11) is 1.57. The minimum atomic E-state index is 0.594. The van der Waals surface area contributed by atoms with Crippen LogP contribution >= 0.6 is 15.9 Å². The minimum absolute atomic E-state index is 0.594. The number of hydrogen-bond donors (Lipinski definition) is 2. The van der Waals surface area contributed by atoms with Crippen LogP contribution in [0.4, 0.5) is 5.69 Å². The molecule has 2 N–H and O–H groups in total. The van der Waals surface area contributed by atoms with Gasteiger partial charge in [0.05, 0.1) is 12.8 Å². The van der Waals surface area contributed by atoms with E-state index < -0.39 is 0 Å². The smallest absolute Gasteiger partial charge is 0.122 e. The SMILES string of the molecule is COc1cc(Br)cc(NO)c1. The highest BCUT2D eigenvalue weighted by atomic mass is 79.9. The van der Waals surface area contributed by atoms with E-state index in [-0.39, 0.29) is 0 Å². The molecule has 0 bridgehead atoms. The molecule has 60 valence electrons. The zero-order chi connectivity index (χ0) is 8.27. The first-order valence-electron chi connectivity index (χ1n) is 3.01. The number of halogens is 1. The monoisotopic (exact) mass is 217 g/mol. The van der Waals surface area contributed by atoms with Crippen molar-refractivity contribution in [1.82, 2.24) is 0 Å². The molecule has 0 spiro atoms. The van der Waals surface area contributed by atoms with E-state index in [2.05, 4.69) is 15.9 Å². The Morgan fingerprint density at radius 3 is 2.73 bits per heavy atom. The molecule has 0 saturated carbocycles. The van der Waals surface area contributed by atoms with Crippen LogP contribution < -0.4 is 10.2 Å². The molecule has 0 amide bonds. The molecule has 0 aliphatic rings. The topological polar surface area (TPSA) is 41.5 Å². The third-order valence-corrected chi connectivity index (χ3v) is 1.69. The lowest BCUT2D eigenvalue weighted by atomic mass is 10.3. The van der Waals surface area contributed by atoms with Gasteiger partial charge in [0, 0.05) is 10.5 Å². The van der Waals surface area contributed by atoms with Gasteiger partial charge in [-0.3, -0.25) is 10.7 Å². The summed E-state index contributed by atoms with van der Waals surface area (Å²) in [4.78, 5) is 0. The van der Waals surface area contributed by atoms with Gasteiger partial charge in [-0.15, -0.1) is 0 Å². The summed E-state index contributed by atoms with van der Waals surface area (Å²) in [6, 6.07) is 5.23. The maximum absolute atomic E-state index is 8.56. The van der Waals surface area contributed by atoms with Crippen LogP contribution in [0.5, 0.6) is 5.75 Å². The van der Waals surface area contributed by atoms with Crippen molar-refractivity contribution in [3.05, 3.63) is 22.7 Å². The first kappa shape index (κ1) is 8.36. The number of anilines is 1. The predicted octanol–water partition coefficient (Wildman–Crippen LogP) is 2.26. The van der Waals surface area contributed by atoms with Gasteiger partial charge in [0.1, 0.15) is 5.75 Å². The van der Waals surface area contributed by atoms with E-state index in [0.717, 1.165) is 4.47 Å². The van der Waals surface area contributed by atoms with Crippen molar-refractivity contribution in [2.75, 3.05) is 12.6 Å². The quantitative estimate of drug-likeness (QED) is 0.748. The Balaban J connectivity index is 3.02. The van der Waals surface area contributed by atoms with Crippen molar-refractivity contribution >= 4 is 21.6 Å². The molecule has 0 fully saturated rings. The Bertz CT molecular complexity index is 230. The van der Waals surface area contributed by atoms with Gasteiger partial charge >= 0.3 is 0 Å². The van der Waals surface area contributed by atoms with Gasteiger partial charge in [-0.1, -0.05) is 15.9 Å². The lowest BCUT2D eigenvalue weighted by Crippen LogP contribution is -1.90. The van der Waals surface area contributed by atoms with Crippen molar-refractivity contribution in [1.29, 1.82) is 0 Å². The van der Waals surface area contributed by atoms with Crippen molar-refractivity contribution in [3.63, 3.8) is 0 Å². The zero-order valence-electron chi connectivity index (χ0n) is 5.97. The Morgan fingerprint density at radius 2 is 2.18 bits per heavy atom. The highest BCUT2D eigenvalue weighted by Crippen LogP contribution is 2.23. The second-order valence-corrected chi connectivity index (χ2v) is 2.91. The first-order chi connectivity index (χ1) is 5.26. The summed E-state index contributed by atoms with van der Waals surface area (Å²) in [6.45, 7) is 0. The van der Waals surface area contributed by atoms with Gasteiger partial charge in [-0.2, -0.15) is 0 Å². The van der Waals surface area contributed by atoms with Crippen molar-refractivity contribution in [2.24, 2.45) is 0 Å². The first-order valence-corrected chi connectivity index (χ1v) is 3.80. The fourth-order valence-electron chi connectivity index (χ4n) is 0.745. The lowest BCUT2D eigenvalue weighted by molar-refractivity contribution is 0.386. The van der Waals surface area contributed by atoms with E-state index in [1.807, 2.05) is 5.48 Å². The van der Waals surface area contributed by atoms with Gasteiger partial charge in [0.25, 0.3) is 0 Å². The maximum Gasteiger partial charge on any atom is 0.122 e. The summed E-state index contributed by atoms with van der Waals surface area (Å²) in [6.07, 6.45) is 0. The van der Waals surface area contributed by atoms with Crippen LogP contribution in [0.1, 0.15) is 0 Å². The van der Waals surface area contributed by atoms with Gasteiger partial charge in [-0.05, 0) is 12.1 Å². The molecule has 0 aliphatic carbocycles. The second-order valence-electron chi connectivity index (χ2n) is 1.99. The average molecular weight is 218 g/mol. The Morgan fingerprint density at radius 1 is 1.45 bits per heavy atom. The molecule has 11 heavy (non-hydrogen) atoms. The molecule has 0 aliphatic heterocycles. The van der Waals surface area contributed by atoms with E-state index in [9.17, 15) is 0 Å². The van der Waals surface area contributed by atoms with Crippen molar-refractivity contribution in [2.45, 2.75) is 0 Å².